The lowest BCUT2D eigenvalue weighted by Crippen LogP contribution is -2.09. The molecule has 3 rings (SSSR count). The quantitative estimate of drug-likeness (QED) is 0.428. The van der Waals surface area contributed by atoms with Gasteiger partial charge in [0.15, 0.2) is 16.7 Å². The van der Waals surface area contributed by atoms with Gasteiger partial charge >= 0.3 is 0 Å². The number of nitriles is 1. The van der Waals surface area contributed by atoms with E-state index in [0.29, 0.717) is 57.0 Å². The molecule has 0 atom stereocenters. The van der Waals surface area contributed by atoms with E-state index in [0.717, 1.165) is 25.0 Å². The predicted octanol–water partition coefficient (Wildman–Crippen LogP) is 4.75. The van der Waals surface area contributed by atoms with Crippen LogP contribution in [0.15, 0.2) is 17.3 Å². The Kier molecular flexibility index (Phi) is 7.27. The second-order valence-corrected chi connectivity index (χ2v) is 8.62. The van der Waals surface area contributed by atoms with Gasteiger partial charge in [0.1, 0.15) is 17.5 Å². The van der Waals surface area contributed by atoms with Crippen molar-refractivity contribution < 1.29 is 14.2 Å². The van der Waals surface area contributed by atoms with Crippen LogP contribution in [0.5, 0.6) is 17.2 Å². The van der Waals surface area contributed by atoms with E-state index in [1.54, 1.807) is 33.1 Å². The summed E-state index contributed by atoms with van der Waals surface area (Å²) in [5.41, 5.74) is 1.69. The van der Waals surface area contributed by atoms with E-state index in [1.807, 2.05) is 12.1 Å². The Bertz CT molecular complexity index is 914. The topological polar surface area (TPSA) is 89.3 Å². The molecule has 1 N–H and O–H groups in total. The smallest absolute Gasteiger partial charge is 0.203 e. The van der Waals surface area contributed by atoms with Crippen molar-refractivity contribution in [3.63, 3.8) is 0 Å². The number of hydrogen-bond acceptors (Lipinski definition) is 8. The summed E-state index contributed by atoms with van der Waals surface area (Å²) < 4.78 is 16.4. The Labute approximate surface area is 182 Å². The van der Waals surface area contributed by atoms with Crippen molar-refractivity contribution in [2.75, 3.05) is 32.4 Å². The molecule has 1 aliphatic rings. The largest absolute Gasteiger partial charge is 0.493 e. The van der Waals surface area contributed by atoms with Crippen molar-refractivity contribution in [3.05, 3.63) is 17.7 Å². The molecule has 1 fully saturated rings. The molecule has 0 amide bonds. The molecule has 8 heteroatoms. The van der Waals surface area contributed by atoms with Gasteiger partial charge in [-0.2, -0.15) is 5.26 Å². The number of hydrogen-bond donors (Lipinski definition) is 1. The molecular weight excluding hydrogens is 400 g/mol. The third-order valence-electron chi connectivity index (χ3n) is 4.78. The average molecular weight is 429 g/mol. The summed E-state index contributed by atoms with van der Waals surface area (Å²) in [6, 6.07) is 6.29. The van der Waals surface area contributed by atoms with Crippen molar-refractivity contribution in [1.29, 1.82) is 5.26 Å². The summed E-state index contributed by atoms with van der Waals surface area (Å²) in [6.45, 7) is 4.39. The summed E-state index contributed by atoms with van der Waals surface area (Å²) in [5, 5.41) is 14.0. The summed E-state index contributed by atoms with van der Waals surface area (Å²) in [5.74, 6) is 3.64. The maximum atomic E-state index is 9.92. The molecule has 0 unspecified atom stereocenters. The van der Waals surface area contributed by atoms with Crippen molar-refractivity contribution in [2.45, 2.75) is 44.3 Å². The Morgan fingerprint density at radius 3 is 2.30 bits per heavy atom. The average Bonchev–Trinajstić information content (AvgIpc) is 3.56. The van der Waals surface area contributed by atoms with Gasteiger partial charge in [-0.15, -0.1) is 0 Å². The van der Waals surface area contributed by atoms with Crippen molar-refractivity contribution in [1.82, 2.24) is 9.97 Å². The molecule has 0 saturated heterocycles. The van der Waals surface area contributed by atoms with Gasteiger partial charge in [-0.25, -0.2) is 9.97 Å². The molecule has 7 nitrogen and oxygen atoms in total. The number of benzene rings is 1. The molecule has 0 bridgehead atoms. The fraction of sp³-hybridized carbons (Fsp3) is 0.500. The van der Waals surface area contributed by atoms with Gasteiger partial charge < -0.3 is 19.5 Å². The van der Waals surface area contributed by atoms with Crippen LogP contribution in [-0.4, -0.2) is 43.1 Å². The first kappa shape index (κ1) is 22.0. The van der Waals surface area contributed by atoms with Gasteiger partial charge in [-0.3, -0.25) is 0 Å². The Morgan fingerprint density at radius 2 is 1.80 bits per heavy atom. The number of nitrogens with zero attached hydrogens (tertiary/aromatic N) is 3. The van der Waals surface area contributed by atoms with Gasteiger partial charge in [0, 0.05) is 17.4 Å². The Hall–Kier alpha value is -2.66. The van der Waals surface area contributed by atoms with Gasteiger partial charge in [-0.05, 0) is 37.3 Å². The lowest BCUT2D eigenvalue weighted by molar-refractivity contribution is 0.324. The van der Waals surface area contributed by atoms with E-state index in [-0.39, 0.29) is 0 Å². The first-order chi connectivity index (χ1) is 14.5. The molecular formula is C22H28N4O3S. The van der Waals surface area contributed by atoms with E-state index in [9.17, 15) is 5.26 Å². The summed E-state index contributed by atoms with van der Waals surface area (Å²) in [4.78, 5) is 9.40. The van der Waals surface area contributed by atoms with E-state index in [1.165, 1.54) is 0 Å². The number of thioether (sulfide) groups is 1. The lowest BCUT2D eigenvalue weighted by Gasteiger charge is -2.16. The minimum absolute atomic E-state index is 0.369. The molecule has 1 saturated carbocycles. The van der Waals surface area contributed by atoms with E-state index < -0.39 is 0 Å². The van der Waals surface area contributed by atoms with E-state index in [2.05, 4.69) is 30.2 Å². The first-order valence-corrected chi connectivity index (χ1v) is 11.0. The van der Waals surface area contributed by atoms with Crippen molar-refractivity contribution in [3.8, 4) is 34.6 Å². The predicted molar refractivity (Wildman–Crippen MR) is 119 cm³/mol. The number of anilines is 1. The maximum absolute atomic E-state index is 9.92. The van der Waals surface area contributed by atoms with Crippen LogP contribution in [0.1, 0.15) is 38.7 Å². The maximum Gasteiger partial charge on any atom is 0.203 e. The lowest BCUT2D eigenvalue weighted by atomic mass is 10.1. The monoisotopic (exact) mass is 428 g/mol. The number of methoxy groups -OCH3 is 3. The number of aromatic nitrogens is 2. The zero-order chi connectivity index (χ0) is 21.7. The summed E-state index contributed by atoms with van der Waals surface area (Å²) >= 11 is 1.61. The molecule has 2 aromatic rings. The highest BCUT2D eigenvalue weighted by atomic mass is 32.2. The second kappa shape index (κ2) is 9.90. The number of rotatable bonds is 10. The van der Waals surface area contributed by atoms with Gasteiger partial charge in [0.05, 0.1) is 27.0 Å². The normalized spacial score (nSPS) is 13.1. The van der Waals surface area contributed by atoms with Gasteiger partial charge in [-0.1, -0.05) is 25.6 Å². The van der Waals surface area contributed by atoms with Gasteiger partial charge in [0.25, 0.3) is 0 Å². The molecule has 1 aliphatic carbocycles. The third-order valence-corrected chi connectivity index (χ3v) is 5.66. The molecule has 160 valence electrons. The molecule has 1 aromatic heterocycles. The molecule has 30 heavy (non-hydrogen) atoms. The minimum Gasteiger partial charge on any atom is -0.493 e. The molecule has 1 heterocycles. The standard InChI is InChI=1S/C22H28N4O3S/c1-13(2)8-9-30-22-25-19(16(12-23)21(26-22)24-15-6-7-15)14-10-17(27-3)20(29-5)18(11-14)28-4/h10-11,13,15H,6-9H2,1-5H3,(H,24,25,26). The van der Waals surface area contributed by atoms with Crippen molar-refractivity contribution in [2.24, 2.45) is 5.92 Å². The van der Waals surface area contributed by atoms with E-state index >= 15 is 0 Å². The van der Waals surface area contributed by atoms with Crippen LogP contribution in [0.3, 0.4) is 0 Å². The highest BCUT2D eigenvalue weighted by Crippen LogP contribution is 2.42. The molecule has 1 aromatic carbocycles. The number of ether oxygens (including phenoxy) is 3. The third kappa shape index (κ3) is 5.08. The Balaban J connectivity index is 2.10. The summed E-state index contributed by atoms with van der Waals surface area (Å²) in [7, 11) is 4.70. The van der Waals surface area contributed by atoms with Crippen LogP contribution >= 0.6 is 11.8 Å². The number of nitrogens with one attached hydrogen (secondary N) is 1. The zero-order valence-corrected chi connectivity index (χ0v) is 18.9. The van der Waals surface area contributed by atoms with Crippen LogP contribution in [0.2, 0.25) is 0 Å². The fourth-order valence-corrected chi connectivity index (χ4v) is 4.03. The van der Waals surface area contributed by atoms with Gasteiger partial charge in [0.2, 0.25) is 5.75 Å². The minimum atomic E-state index is 0.369. The van der Waals surface area contributed by atoms with Crippen LogP contribution in [-0.2, 0) is 0 Å². The van der Waals surface area contributed by atoms with Crippen LogP contribution in [0, 0.1) is 17.2 Å². The van der Waals surface area contributed by atoms with E-state index in [4.69, 9.17) is 19.2 Å². The second-order valence-electron chi connectivity index (χ2n) is 7.55. The van der Waals surface area contributed by atoms with Crippen LogP contribution < -0.4 is 19.5 Å². The molecule has 0 aliphatic heterocycles. The molecule has 0 radical (unpaired) electrons. The highest BCUT2D eigenvalue weighted by Gasteiger charge is 2.26. The zero-order valence-electron chi connectivity index (χ0n) is 18.1. The van der Waals surface area contributed by atoms with Crippen molar-refractivity contribution >= 4 is 17.6 Å². The fourth-order valence-electron chi connectivity index (χ4n) is 2.95. The first-order valence-electron chi connectivity index (χ1n) is 10.0. The van der Waals surface area contributed by atoms with Crippen LogP contribution in [0.25, 0.3) is 11.3 Å². The summed E-state index contributed by atoms with van der Waals surface area (Å²) in [6.07, 6.45) is 3.24. The molecule has 0 spiro atoms. The highest BCUT2D eigenvalue weighted by molar-refractivity contribution is 7.99. The Morgan fingerprint density at radius 1 is 1.13 bits per heavy atom. The SMILES string of the molecule is COc1cc(-c2nc(SCCC(C)C)nc(NC3CC3)c2C#N)cc(OC)c1OC. The van der Waals surface area contributed by atoms with Crippen LogP contribution in [0.4, 0.5) is 5.82 Å².